The summed E-state index contributed by atoms with van der Waals surface area (Å²) in [6.07, 6.45) is 2.99. The van der Waals surface area contributed by atoms with Gasteiger partial charge in [0.05, 0.1) is 5.69 Å². The van der Waals surface area contributed by atoms with Crippen molar-refractivity contribution in [1.29, 1.82) is 0 Å². The van der Waals surface area contributed by atoms with Crippen LogP contribution in [0, 0.1) is 5.92 Å². The summed E-state index contributed by atoms with van der Waals surface area (Å²) in [6.45, 7) is 3.23. The van der Waals surface area contributed by atoms with Gasteiger partial charge in [-0.3, -0.25) is 0 Å². The molecule has 1 saturated heterocycles. The van der Waals surface area contributed by atoms with E-state index in [0.717, 1.165) is 19.3 Å². The molecule has 1 aromatic rings. The van der Waals surface area contributed by atoms with E-state index in [9.17, 15) is 8.42 Å². The smallest absolute Gasteiger partial charge is 0.245 e. The lowest BCUT2D eigenvalue weighted by atomic mass is 9.97. The van der Waals surface area contributed by atoms with E-state index >= 15 is 0 Å². The van der Waals surface area contributed by atoms with Crippen LogP contribution in [-0.4, -0.2) is 25.8 Å². The molecule has 1 atom stereocenters. The van der Waals surface area contributed by atoms with Crippen molar-refractivity contribution in [3.8, 4) is 0 Å². The van der Waals surface area contributed by atoms with Crippen molar-refractivity contribution in [2.45, 2.75) is 31.1 Å². The topological polar surface area (TPSA) is 63.4 Å². The minimum Gasteiger partial charge on any atom is -0.398 e. The minimum absolute atomic E-state index is 0.122. The molecular formula is C13H19ClN2O2S. The third-order valence-corrected chi connectivity index (χ3v) is 5.81. The van der Waals surface area contributed by atoms with Gasteiger partial charge in [-0.05, 0) is 37.0 Å². The number of anilines is 1. The van der Waals surface area contributed by atoms with Gasteiger partial charge in [0.2, 0.25) is 10.0 Å². The van der Waals surface area contributed by atoms with Crippen LogP contribution in [0.1, 0.15) is 26.2 Å². The van der Waals surface area contributed by atoms with E-state index in [1.54, 1.807) is 6.07 Å². The Hall–Kier alpha value is -0.780. The fourth-order valence-corrected chi connectivity index (χ4v) is 4.38. The van der Waals surface area contributed by atoms with Crippen LogP contribution in [-0.2, 0) is 10.0 Å². The molecule has 0 aliphatic carbocycles. The summed E-state index contributed by atoms with van der Waals surface area (Å²) >= 11 is 5.88. The third kappa shape index (κ3) is 3.04. The number of hydrogen-bond donors (Lipinski definition) is 1. The van der Waals surface area contributed by atoms with Crippen LogP contribution < -0.4 is 5.73 Å². The lowest BCUT2D eigenvalue weighted by Gasteiger charge is -2.31. The molecule has 19 heavy (non-hydrogen) atoms. The van der Waals surface area contributed by atoms with Gasteiger partial charge in [-0.1, -0.05) is 24.9 Å². The van der Waals surface area contributed by atoms with Gasteiger partial charge in [-0.15, -0.1) is 0 Å². The molecule has 1 aliphatic rings. The van der Waals surface area contributed by atoms with Crippen LogP contribution in [0.3, 0.4) is 0 Å². The van der Waals surface area contributed by atoms with Crippen molar-refractivity contribution in [2.75, 3.05) is 18.8 Å². The summed E-state index contributed by atoms with van der Waals surface area (Å²) in [4.78, 5) is 0.122. The standard InChI is InChI=1S/C13H19ClN2O2S/c1-2-10-4-3-7-16(9-10)19(17,18)13-8-11(14)5-6-12(13)15/h5-6,8,10H,2-4,7,9,15H2,1H3. The highest BCUT2D eigenvalue weighted by Crippen LogP contribution is 2.29. The van der Waals surface area contributed by atoms with E-state index in [4.69, 9.17) is 17.3 Å². The molecular weight excluding hydrogens is 284 g/mol. The van der Waals surface area contributed by atoms with Gasteiger partial charge in [0.15, 0.2) is 0 Å². The first-order chi connectivity index (χ1) is 8.95. The summed E-state index contributed by atoms with van der Waals surface area (Å²) < 4.78 is 26.8. The van der Waals surface area contributed by atoms with Gasteiger partial charge >= 0.3 is 0 Å². The van der Waals surface area contributed by atoms with Gasteiger partial charge in [-0.25, -0.2) is 8.42 Å². The Morgan fingerprint density at radius 2 is 2.21 bits per heavy atom. The maximum atomic E-state index is 12.6. The number of nitrogen functional groups attached to an aromatic ring is 1. The Kier molecular flexibility index (Phi) is 4.38. The first-order valence-electron chi connectivity index (χ1n) is 6.50. The molecule has 1 aromatic carbocycles. The van der Waals surface area contributed by atoms with Gasteiger partial charge in [0, 0.05) is 18.1 Å². The number of halogens is 1. The van der Waals surface area contributed by atoms with Crippen molar-refractivity contribution in [3.63, 3.8) is 0 Å². The molecule has 1 aliphatic heterocycles. The maximum Gasteiger partial charge on any atom is 0.245 e. The first-order valence-corrected chi connectivity index (χ1v) is 8.32. The molecule has 0 aromatic heterocycles. The Labute approximate surface area is 119 Å². The zero-order valence-corrected chi connectivity index (χ0v) is 12.5. The van der Waals surface area contributed by atoms with E-state index in [0.29, 0.717) is 24.0 Å². The monoisotopic (exact) mass is 302 g/mol. The van der Waals surface area contributed by atoms with E-state index in [2.05, 4.69) is 6.92 Å². The number of rotatable bonds is 3. The predicted octanol–water partition coefficient (Wildman–Crippen LogP) is 2.73. The molecule has 6 heteroatoms. The highest BCUT2D eigenvalue weighted by Gasteiger charge is 2.30. The Morgan fingerprint density at radius 1 is 1.47 bits per heavy atom. The first kappa shape index (κ1) is 14.6. The van der Waals surface area contributed by atoms with Crippen molar-refractivity contribution in [3.05, 3.63) is 23.2 Å². The summed E-state index contributed by atoms with van der Waals surface area (Å²) in [5.74, 6) is 0.434. The summed E-state index contributed by atoms with van der Waals surface area (Å²) in [5.41, 5.74) is 6.04. The van der Waals surface area contributed by atoms with E-state index < -0.39 is 10.0 Å². The minimum atomic E-state index is -3.53. The van der Waals surface area contributed by atoms with Crippen LogP contribution in [0.5, 0.6) is 0 Å². The number of nitrogens with two attached hydrogens (primary N) is 1. The second kappa shape index (κ2) is 5.69. The molecule has 4 nitrogen and oxygen atoms in total. The molecule has 1 heterocycles. The molecule has 0 saturated carbocycles. The quantitative estimate of drug-likeness (QED) is 0.873. The summed E-state index contributed by atoms with van der Waals surface area (Å²) in [7, 11) is -3.53. The lowest BCUT2D eigenvalue weighted by molar-refractivity contribution is 0.261. The molecule has 106 valence electrons. The fraction of sp³-hybridized carbons (Fsp3) is 0.538. The van der Waals surface area contributed by atoms with Gasteiger partial charge in [0.1, 0.15) is 4.90 Å². The highest BCUT2D eigenvalue weighted by molar-refractivity contribution is 7.89. The molecule has 1 fully saturated rings. The summed E-state index contributed by atoms with van der Waals surface area (Å²) in [5, 5.41) is 0.386. The molecule has 2 N–H and O–H groups in total. The normalized spacial score (nSPS) is 21.5. The van der Waals surface area contributed by atoms with Crippen molar-refractivity contribution < 1.29 is 8.42 Å². The predicted molar refractivity (Wildman–Crippen MR) is 77.6 cm³/mol. The Bertz CT molecular complexity index is 560. The van der Waals surface area contributed by atoms with Crippen molar-refractivity contribution in [1.82, 2.24) is 4.31 Å². The van der Waals surface area contributed by atoms with E-state index in [-0.39, 0.29) is 10.6 Å². The third-order valence-electron chi connectivity index (χ3n) is 3.65. The number of sulfonamides is 1. The average molecular weight is 303 g/mol. The van der Waals surface area contributed by atoms with Crippen molar-refractivity contribution >= 4 is 27.3 Å². The van der Waals surface area contributed by atoms with Crippen LogP contribution in [0.4, 0.5) is 5.69 Å². The number of hydrogen-bond acceptors (Lipinski definition) is 3. The van der Waals surface area contributed by atoms with Crippen LogP contribution in [0.2, 0.25) is 5.02 Å². The zero-order chi connectivity index (χ0) is 14.0. The molecule has 0 radical (unpaired) electrons. The second-order valence-electron chi connectivity index (χ2n) is 4.96. The SMILES string of the molecule is CCC1CCCN(S(=O)(=O)c2cc(Cl)ccc2N)C1. The number of benzene rings is 1. The van der Waals surface area contributed by atoms with Crippen molar-refractivity contribution in [2.24, 2.45) is 5.92 Å². The number of piperidine rings is 1. The van der Waals surface area contributed by atoms with Gasteiger partial charge < -0.3 is 5.73 Å². The Balaban J connectivity index is 2.34. The van der Waals surface area contributed by atoms with E-state index in [1.165, 1.54) is 16.4 Å². The molecule has 0 spiro atoms. The molecule has 2 rings (SSSR count). The number of nitrogens with zero attached hydrogens (tertiary/aromatic N) is 1. The van der Waals surface area contributed by atoms with Crippen LogP contribution in [0.15, 0.2) is 23.1 Å². The lowest BCUT2D eigenvalue weighted by Crippen LogP contribution is -2.39. The van der Waals surface area contributed by atoms with Crippen LogP contribution in [0.25, 0.3) is 0 Å². The maximum absolute atomic E-state index is 12.6. The average Bonchev–Trinajstić information content (AvgIpc) is 2.41. The summed E-state index contributed by atoms with van der Waals surface area (Å²) in [6, 6.07) is 4.57. The Morgan fingerprint density at radius 3 is 2.89 bits per heavy atom. The second-order valence-corrected chi connectivity index (χ2v) is 7.30. The zero-order valence-electron chi connectivity index (χ0n) is 11.0. The molecule has 0 amide bonds. The largest absolute Gasteiger partial charge is 0.398 e. The fourth-order valence-electron chi connectivity index (χ4n) is 2.45. The van der Waals surface area contributed by atoms with Gasteiger partial charge in [-0.2, -0.15) is 4.31 Å². The molecule has 1 unspecified atom stereocenters. The highest BCUT2D eigenvalue weighted by atomic mass is 35.5. The molecule has 0 bridgehead atoms. The van der Waals surface area contributed by atoms with Crippen LogP contribution >= 0.6 is 11.6 Å². The van der Waals surface area contributed by atoms with Gasteiger partial charge in [0.25, 0.3) is 0 Å². The van der Waals surface area contributed by atoms with E-state index in [1.807, 2.05) is 0 Å².